The van der Waals surface area contributed by atoms with Gasteiger partial charge in [-0.2, -0.15) is 0 Å². The number of pyridine rings is 1. The highest BCUT2D eigenvalue weighted by molar-refractivity contribution is 7.09. The number of ether oxygens (including phenoxy) is 1. The van der Waals surface area contributed by atoms with Gasteiger partial charge in [-0.25, -0.2) is 14.8 Å². The van der Waals surface area contributed by atoms with E-state index in [-0.39, 0.29) is 23.1 Å². The van der Waals surface area contributed by atoms with Gasteiger partial charge in [-0.05, 0) is 18.9 Å². The Morgan fingerprint density at radius 3 is 3.09 bits per heavy atom. The minimum absolute atomic E-state index is 0.0158. The molecule has 1 atom stereocenters. The summed E-state index contributed by atoms with van der Waals surface area (Å²) in [5.74, 6) is -0.661. The molecule has 0 bridgehead atoms. The highest BCUT2D eigenvalue weighted by atomic mass is 32.1. The van der Waals surface area contributed by atoms with Gasteiger partial charge in [0.1, 0.15) is 5.56 Å². The Morgan fingerprint density at radius 1 is 1.52 bits per heavy atom. The molecule has 0 aromatic carbocycles. The molecule has 2 aromatic heterocycles. The van der Waals surface area contributed by atoms with Gasteiger partial charge in [-0.3, -0.25) is 10.1 Å². The van der Waals surface area contributed by atoms with Crippen molar-refractivity contribution in [3.05, 3.63) is 44.0 Å². The lowest BCUT2D eigenvalue weighted by molar-refractivity contribution is -0.384. The van der Waals surface area contributed by atoms with Crippen LogP contribution in [0.4, 0.5) is 11.5 Å². The van der Waals surface area contributed by atoms with Gasteiger partial charge in [0.2, 0.25) is 5.82 Å². The standard InChI is InChI=1S/C14H14N4O4S/c1-22-14(19)9-4-5-15-13(12(9)18(20)21)17-8-2-3-10-11(6-8)23-7-16-10/h4-5,7-8H,2-3,6H2,1H3,(H,15,17)/t8-/m0/s1. The Labute approximate surface area is 135 Å². The zero-order valence-electron chi connectivity index (χ0n) is 12.3. The molecule has 120 valence electrons. The van der Waals surface area contributed by atoms with Crippen LogP contribution in [0.2, 0.25) is 0 Å². The number of aryl methyl sites for hydroxylation is 1. The highest BCUT2D eigenvalue weighted by Crippen LogP contribution is 2.30. The van der Waals surface area contributed by atoms with E-state index in [0.29, 0.717) is 0 Å². The van der Waals surface area contributed by atoms with Crippen molar-refractivity contribution in [3.63, 3.8) is 0 Å². The Hall–Kier alpha value is -2.55. The summed E-state index contributed by atoms with van der Waals surface area (Å²) in [6, 6.07) is 1.30. The van der Waals surface area contributed by atoms with Crippen molar-refractivity contribution in [2.75, 3.05) is 12.4 Å². The summed E-state index contributed by atoms with van der Waals surface area (Å²) >= 11 is 1.58. The number of nitrogens with one attached hydrogen (secondary N) is 1. The van der Waals surface area contributed by atoms with Crippen molar-refractivity contribution in [1.82, 2.24) is 9.97 Å². The van der Waals surface area contributed by atoms with Gasteiger partial charge < -0.3 is 10.1 Å². The highest BCUT2D eigenvalue weighted by Gasteiger charge is 2.29. The summed E-state index contributed by atoms with van der Waals surface area (Å²) in [7, 11) is 1.19. The van der Waals surface area contributed by atoms with Crippen LogP contribution in [-0.4, -0.2) is 34.0 Å². The second kappa shape index (κ2) is 6.29. The monoisotopic (exact) mass is 334 g/mol. The van der Waals surface area contributed by atoms with Crippen LogP contribution in [0, 0.1) is 10.1 Å². The zero-order chi connectivity index (χ0) is 16.4. The molecular formula is C14H14N4O4S. The lowest BCUT2D eigenvalue weighted by Gasteiger charge is -2.22. The maximum absolute atomic E-state index is 11.7. The molecule has 1 N–H and O–H groups in total. The minimum Gasteiger partial charge on any atom is -0.465 e. The summed E-state index contributed by atoms with van der Waals surface area (Å²) in [6.07, 6.45) is 3.73. The first kappa shape index (κ1) is 15.3. The number of thiazole rings is 1. The van der Waals surface area contributed by atoms with E-state index in [9.17, 15) is 14.9 Å². The molecule has 1 aliphatic carbocycles. The predicted molar refractivity (Wildman–Crippen MR) is 83.8 cm³/mol. The van der Waals surface area contributed by atoms with E-state index < -0.39 is 10.9 Å². The molecule has 23 heavy (non-hydrogen) atoms. The first-order chi connectivity index (χ1) is 11.1. The smallest absolute Gasteiger partial charge is 0.345 e. The molecular weight excluding hydrogens is 320 g/mol. The van der Waals surface area contributed by atoms with E-state index in [1.54, 1.807) is 11.3 Å². The Bertz CT molecular complexity index is 761. The molecule has 8 nitrogen and oxygen atoms in total. The lowest BCUT2D eigenvalue weighted by atomic mass is 9.97. The number of methoxy groups -OCH3 is 1. The van der Waals surface area contributed by atoms with Crippen LogP contribution in [0.3, 0.4) is 0 Å². The molecule has 0 fully saturated rings. The van der Waals surface area contributed by atoms with Crippen LogP contribution >= 0.6 is 11.3 Å². The minimum atomic E-state index is -0.754. The first-order valence-electron chi connectivity index (χ1n) is 6.99. The molecule has 2 heterocycles. The number of hydrogen-bond donors (Lipinski definition) is 1. The number of aromatic nitrogens is 2. The maximum Gasteiger partial charge on any atom is 0.345 e. The van der Waals surface area contributed by atoms with Crippen molar-refractivity contribution in [1.29, 1.82) is 0 Å². The topological polar surface area (TPSA) is 107 Å². The van der Waals surface area contributed by atoms with Crippen LogP contribution in [-0.2, 0) is 17.6 Å². The van der Waals surface area contributed by atoms with Gasteiger partial charge in [0.05, 0.1) is 23.2 Å². The molecule has 0 aliphatic heterocycles. The van der Waals surface area contributed by atoms with Crippen molar-refractivity contribution >= 4 is 28.8 Å². The molecule has 0 radical (unpaired) electrons. The average Bonchev–Trinajstić information content (AvgIpc) is 3.01. The number of carbonyl (C=O) groups excluding carboxylic acids is 1. The fourth-order valence-electron chi connectivity index (χ4n) is 2.64. The molecule has 0 saturated heterocycles. The number of carbonyl (C=O) groups is 1. The fourth-order valence-corrected chi connectivity index (χ4v) is 3.53. The van der Waals surface area contributed by atoms with E-state index in [4.69, 9.17) is 0 Å². The molecule has 0 spiro atoms. The molecule has 0 unspecified atom stereocenters. The number of hydrogen-bond acceptors (Lipinski definition) is 8. The van der Waals surface area contributed by atoms with Crippen molar-refractivity contribution in [3.8, 4) is 0 Å². The van der Waals surface area contributed by atoms with E-state index in [1.165, 1.54) is 24.3 Å². The summed E-state index contributed by atoms with van der Waals surface area (Å²) in [4.78, 5) is 32.0. The number of fused-ring (bicyclic) bond motifs is 1. The third-order valence-corrected chi connectivity index (χ3v) is 4.64. The predicted octanol–water partition coefficient (Wildman–Crippen LogP) is 2.20. The molecule has 2 aromatic rings. The number of nitro groups is 1. The summed E-state index contributed by atoms with van der Waals surface area (Å²) < 4.78 is 4.60. The molecule has 0 amide bonds. The third kappa shape index (κ3) is 3.00. The van der Waals surface area contributed by atoms with Gasteiger partial charge in [0.15, 0.2) is 0 Å². The number of esters is 1. The summed E-state index contributed by atoms with van der Waals surface area (Å²) in [5, 5.41) is 14.5. The van der Waals surface area contributed by atoms with Crippen LogP contribution < -0.4 is 5.32 Å². The van der Waals surface area contributed by atoms with Crippen molar-refractivity contribution in [2.24, 2.45) is 0 Å². The number of anilines is 1. The van der Waals surface area contributed by atoms with Gasteiger partial charge in [-0.15, -0.1) is 11.3 Å². The largest absolute Gasteiger partial charge is 0.465 e. The summed E-state index contributed by atoms with van der Waals surface area (Å²) in [5.41, 5.74) is 2.45. The Morgan fingerprint density at radius 2 is 2.35 bits per heavy atom. The Balaban J connectivity index is 1.88. The SMILES string of the molecule is COC(=O)c1ccnc(N[C@H]2CCc3ncsc3C2)c1[N+](=O)[O-]. The second-order valence-corrected chi connectivity index (χ2v) is 6.05. The zero-order valence-corrected chi connectivity index (χ0v) is 13.1. The normalized spacial score (nSPS) is 16.5. The number of nitrogens with zero attached hydrogens (tertiary/aromatic N) is 3. The van der Waals surface area contributed by atoms with E-state index in [2.05, 4.69) is 20.0 Å². The van der Waals surface area contributed by atoms with Gasteiger partial charge >= 0.3 is 11.7 Å². The van der Waals surface area contributed by atoms with Gasteiger partial charge in [0, 0.05) is 23.5 Å². The first-order valence-corrected chi connectivity index (χ1v) is 7.87. The Kier molecular flexibility index (Phi) is 4.20. The second-order valence-electron chi connectivity index (χ2n) is 5.11. The van der Waals surface area contributed by atoms with Gasteiger partial charge in [-0.1, -0.05) is 0 Å². The molecule has 1 aliphatic rings. The summed E-state index contributed by atoms with van der Waals surface area (Å²) in [6.45, 7) is 0. The van der Waals surface area contributed by atoms with Crippen molar-refractivity contribution < 1.29 is 14.5 Å². The van der Waals surface area contributed by atoms with Crippen LogP contribution in [0.1, 0.15) is 27.3 Å². The van der Waals surface area contributed by atoms with Gasteiger partial charge in [0.25, 0.3) is 0 Å². The van der Waals surface area contributed by atoms with Crippen LogP contribution in [0.5, 0.6) is 0 Å². The van der Waals surface area contributed by atoms with Crippen LogP contribution in [0.15, 0.2) is 17.8 Å². The van der Waals surface area contributed by atoms with E-state index >= 15 is 0 Å². The van der Waals surface area contributed by atoms with Crippen LogP contribution in [0.25, 0.3) is 0 Å². The molecule has 3 rings (SSSR count). The maximum atomic E-state index is 11.7. The molecule has 9 heteroatoms. The number of rotatable bonds is 4. The van der Waals surface area contributed by atoms with Crippen molar-refractivity contribution in [2.45, 2.75) is 25.3 Å². The fraction of sp³-hybridized carbons (Fsp3) is 0.357. The van der Waals surface area contributed by atoms with E-state index in [0.717, 1.165) is 25.0 Å². The lowest BCUT2D eigenvalue weighted by Crippen LogP contribution is -2.27. The third-order valence-electron chi connectivity index (χ3n) is 3.74. The average molecular weight is 334 g/mol. The molecule has 0 saturated carbocycles. The quantitative estimate of drug-likeness (QED) is 0.519. The van der Waals surface area contributed by atoms with E-state index in [1.807, 2.05) is 5.51 Å².